The van der Waals surface area contributed by atoms with E-state index in [4.69, 9.17) is 23.2 Å². The van der Waals surface area contributed by atoms with Gasteiger partial charge in [-0.3, -0.25) is 4.79 Å². The quantitative estimate of drug-likeness (QED) is 0.453. The van der Waals surface area contributed by atoms with E-state index in [1.54, 1.807) is 12.1 Å². The summed E-state index contributed by atoms with van der Waals surface area (Å²) in [7, 11) is 0. The molecular formula is C21H16BrCl2NO. The predicted octanol–water partition coefficient (Wildman–Crippen LogP) is 6.72. The number of benzene rings is 3. The average Bonchev–Trinajstić information content (AvgIpc) is 2.65. The molecule has 3 aromatic rings. The van der Waals surface area contributed by atoms with Crippen LogP contribution in [0.1, 0.15) is 17.2 Å². The van der Waals surface area contributed by atoms with Gasteiger partial charge in [0.05, 0.1) is 10.0 Å². The van der Waals surface area contributed by atoms with Crippen LogP contribution in [0.2, 0.25) is 10.0 Å². The van der Waals surface area contributed by atoms with Crippen LogP contribution >= 0.6 is 39.1 Å². The Morgan fingerprint density at radius 1 is 0.923 bits per heavy atom. The monoisotopic (exact) mass is 447 g/mol. The molecule has 0 aromatic heterocycles. The second-order valence-corrected chi connectivity index (χ2v) is 7.52. The first-order chi connectivity index (χ1) is 12.5. The van der Waals surface area contributed by atoms with Crippen molar-refractivity contribution >= 4 is 50.6 Å². The van der Waals surface area contributed by atoms with Crippen molar-refractivity contribution in [3.63, 3.8) is 0 Å². The van der Waals surface area contributed by atoms with Crippen LogP contribution in [0.15, 0.2) is 77.3 Å². The molecule has 132 valence electrons. The summed E-state index contributed by atoms with van der Waals surface area (Å²) in [5.74, 6) is 0.0640. The van der Waals surface area contributed by atoms with Crippen LogP contribution in [-0.4, -0.2) is 5.78 Å². The second kappa shape index (κ2) is 8.72. The maximum absolute atomic E-state index is 13.1. The van der Waals surface area contributed by atoms with Crippen LogP contribution in [0, 0.1) is 0 Å². The molecule has 0 aliphatic heterocycles. The Bertz CT molecular complexity index is 915. The van der Waals surface area contributed by atoms with E-state index < -0.39 is 6.04 Å². The minimum atomic E-state index is -0.486. The van der Waals surface area contributed by atoms with E-state index >= 15 is 0 Å². The summed E-state index contributed by atoms with van der Waals surface area (Å²) >= 11 is 15.6. The number of rotatable bonds is 6. The van der Waals surface area contributed by atoms with E-state index in [-0.39, 0.29) is 5.78 Å². The highest BCUT2D eigenvalue weighted by atomic mass is 79.9. The standard InChI is InChI=1S/C21H16BrCl2NO/c22-17-9-5-4-8-15(17)12-20(26)21(14-6-2-1-3-7-14)25-16-10-11-18(23)19(24)13-16/h1-11,13,21,25H,12H2. The number of anilines is 1. The molecule has 1 unspecified atom stereocenters. The number of Topliss-reactive ketones (excluding diaryl/α,β-unsaturated/α-hetero) is 1. The molecule has 1 N–H and O–H groups in total. The minimum absolute atomic E-state index is 0.0640. The van der Waals surface area contributed by atoms with Crippen molar-refractivity contribution in [2.24, 2.45) is 0 Å². The number of carbonyl (C=O) groups excluding carboxylic acids is 1. The lowest BCUT2D eigenvalue weighted by molar-refractivity contribution is -0.119. The fourth-order valence-corrected chi connectivity index (χ4v) is 3.40. The van der Waals surface area contributed by atoms with Gasteiger partial charge in [-0.25, -0.2) is 0 Å². The first-order valence-corrected chi connectivity index (χ1v) is 9.62. The van der Waals surface area contributed by atoms with Gasteiger partial charge < -0.3 is 5.32 Å². The summed E-state index contributed by atoms with van der Waals surface area (Å²) in [6, 6.07) is 22.2. The lowest BCUT2D eigenvalue weighted by Crippen LogP contribution is -2.23. The molecule has 0 heterocycles. The van der Waals surface area contributed by atoms with Crippen LogP contribution < -0.4 is 5.32 Å². The molecule has 0 fully saturated rings. The highest BCUT2D eigenvalue weighted by Gasteiger charge is 2.21. The number of nitrogens with one attached hydrogen (secondary N) is 1. The third-order valence-electron chi connectivity index (χ3n) is 4.01. The Balaban J connectivity index is 1.89. The first-order valence-electron chi connectivity index (χ1n) is 8.07. The third kappa shape index (κ3) is 4.67. The van der Waals surface area contributed by atoms with Crippen molar-refractivity contribution in [3.05, 3.63) is 98.4 Å². The van der Waals surface area contributed by atoms with E-state index in [1.165, 1.54) is 0 Å². The second-order valence-electron chi connectivity index (χ2n) is 5.85. The molecular weight excluding hydrogens is 433 g/mol. The molecule has 2 nitrogen and oxygen atoms in total. The highest BCUT2D eigenvalue weighted by molar-refractivity contribution is 9.10. The van der Waals surface area contributed by atoms with Crippen molar-refractivity contribution in [1.29, 1.82) is 0 Å². The van der Waals surface area contributed by atoms with Gasteiger partial charge in [0.15, 0.2) is 5.78 Å². The SMILES string of the molecule is O=C(Cc1ccccc1Br)C(Nc1ccc(Cl)c(Cl)c1)c1ccccc1. The first kappa shape index (κ1) is 19.0. The van der Waals surface area contributed by atoms with Crippen LogP contribution in [0.4, 0.5) is 5.69 Å². The van der Waals surface area contributed by atoms with Gasteiger partial charge in [-0.05, 0) is 35.4 Å². The summed E-state index contributed by atoms with van der Waals surface area (Å²) in [4.78, 5) is 13.1. The Morgan fingerprint density at radius 3 is 2.31 bits per heavy atom. The van der Waals surface area contributed by atoms with Crippen molar-refractivity contribution in [3.8, 4) is 0 Å². The molecule has 0 aliphatic carbocycles. The fraction of sp³-hybridized carbons (Fsp3) is 0.0952. The van der Waals surface area contributed by atoms with Crippen molar-refractivity contribution in [1.82, 2.24) is 0 Å². The molecule has 3 aromatic carbocycles. The molecule has 0 spiro atoms. The Kier molecular flexibility index (Phi) is 6.36. The van der Waals surface area contributed by atoms with Gasteiger partial charge in [0.2, 0.25) is 0 Å². The zero-order valence-electron chi connectivity index (χ0n) is 13.8. The summed E-state index contributed by atoms with van der Waals surface area (Å²) in [6.45, 7) is 0. The van der Waals surface area contributed by atoms with Gasteiger partial charge in [0.25, 0.3) is 0 Å². The van der Waals surface area contributed by atoms with E-state index in [1.807, 2.05) is 60.7 Å². The Labute approximate surface area is 171 Å². The van der Waals surface area contributed by atoms with E-state index in [9.17, 15) is 4.79 Å². The maximum atomic E-state index is 13.1. The largest absolute Gasteiger partial charge is 0.372 e. The number of halogens is 3. The van der Waals surface area contributed by atoms with Gasteiger partial charge in [0, 0.05) is 16.6 Å². The van der Waals surface area contributed by atoms with E-state index in [0.717, 1.165) is 21.3 Å². The molecule has 1 atom stereocenters. The fourth-order valence-electron chi connectivity index (χ4n) is 2.68. The van der Waals surface area contributed by atoms with Crippen molar-refractivity contribution in [2.45, 2.75) is 12.5 Å². The Morgan fingerprint density at radius 2 is 1.62 bits per heavy atom. The van der Waals surface area contributed by atoms with Crippen LogP contribution in [0.5, 0.6) is 0 Å². The average molecular weight is 449 g/mol. The molecule has 3 rings (SSSR count). The maximum Gasteiger partial charge on any atom is 0.163 e. The van der Waals surface area contributed by atoms with Gasteiger partial charge in [-0.1, -0.05) is 87.7 Å². The summed E-state index contributed by atoms with van der Waals surface area (Å²) < 4.78 is 0.926. The predicted molar refractivity (Wildman–Crippen MR) is 112 cm³/mol. The van der Waals surface area contributed by atoms with Gasteiger partial charge in [-0.2, -0.15) is 0 Å². The Hall–Kier alpha value is -1.81. The molecule has 26 heavy (non-hydrogen) atoms. The van der Waals surface area contributed by atoms with Gasteiger partial charge in [-0.15, -0.1) is 0 Å². The lowest BCUT2D eigenvalue weighted by Gasteiger charge is -2.20. The molecule has 0 saturated carbocycles. The molecule has 0 bridgehead atoms. The lowest BCUT2D eigenvalue weighted by atomic mass is 9.97. The van der Waals surface area contributed by atoms with E-state index in [0.29, 0.717) is 16.5 Å². The molecule has 0 radical (unpaired) electrons. The van der Waals surface area contributed by atoms with E-state index in [2.05, 4.69) is 21.2 Å². The molecule has 0 saturated heterocycles. The van der Waals surface area contributed by atoms with Crippen molar-refractivity contribution in [2.75, 3.05) is 5.32 Å². The summed E-state index contributed by atoms with van der Waals surface area (Å²) in [5.41, 5.74) is 2.60. The highest BCUT2D eigenvalue weighted by Crippen LogP contribution is 2.29. The molecule has 0 aliphatic rings. The zero-order valence-corrected chi connectivity index (χ0v) is 16.9. The summed E-state index contributed by atoms with van der Waals surface area (Å²) in [5, 5.41) is 4.22. The van der Waals surface area contributed by atoms with Gasteiger partial charge >= 0.3 is 0 Å². The number of hydrogen-bond acceptors (Lipinski definition) is 2. The number of hydrogen-bond donors (Lipinski definition) is 1. The minimum Gasteiger partial charge on any atom is -0.372 e. The molecule has 5 heteroatoms. The summed E-state index contributed by atoms with van der Waals surface area (Å²) in [6.07, 6.45) is 0.315. The number of carbonyl (C=O) groups is 1. The third-order valence-corrected chi connectivity index (χ3v) is 5.52. The van der Waals surface area contributed by atoms with Crippen LogP contribution in [0.25, 0.3) is 0 Å². The molecule has 0 amide bonds. The van der Waals surface area contributed by atoms with Gasteiger partial charge in [0.1, 0.15) is 6.04 Å². The smallest absolute Gasteiger partial charge is 0.163 e. The van der Waals surface area contributed by atoms with Crippen molar-refractivity contribution < 1.29 is 4.79 Å². The number of ketones is 1. The normalized spacial score (nSPS) is 11.8. The zero-order chi connectivity index (χ0) is 18.5. The van der Waals surface area contributed by atoms with Crippen LogP contribution in [0.3, 0.4) is 0 Å². The van der Waals surface area contributed by atoms with Crippen LogP contribution in [-0.2, 0) is 11.2 Å². The topological polar surface area (TPSA) is 29.1 Å².